The number of nitrogens with zero attached hydrogens (tertiary/aromatic N) is 4. The zero-order chi connectivity index (χ0) is 13.4. The van der Waals surface area contributed by atoms with Gasteiger partial charge in [0, 0.05) is 24.1 Å². The summed E-state index contributed by atoms with van der Waals surface area (Å²) >= 11 is 10.0. The number of hydrogen-bond donors (Lipinski definition) is 1. The molecule has 0 aromatic heterocycles. The summed E-state index contributed by atoms with van der Waals surface area (Å²) < 4.78 is 6.23. The van der Waals surface area contributed by atoms with Gasteiger partial charge in [-0.2, -0.15) is 5.10 Å². The standard InChI is InChI=1S/C11H15BrClN5O/c12-8-9(13)7(5-17-1-3-19-4-2-17)18-10(8)11(14)15-6-16-18/h6-7,9H,1-5H2,(H2,14,15,16). The van der Waals surface area contributed by atoms with Gasteiger partial charge in [-0.15, -0.1) is 11.6 Å². The van der Waals surface area contributed by atoms with Gasteiger partial charge in [-0.1, -0.05) is 15.9 Å². The second-order valence-electron chi connectivity index (χ2n) is 4.67. The minimum absolute atomic E-state index is 0.0643. The van der Waals surface area contributed by atoms with E-state index >= 15 is 0 Å². The Morgan fingerprint density at radius 2 is 2.21 bits per heavy atom. The zero-order valence-electron chi connectivity index (χ0n) is 10.3. The van der Waals surface area contributed by atoms with Gasteiger partial charge in [-0.05, 0) is 0 Å². The van der Waals surface area contributed by atoms with E-state index in [4.69, 9.17) is 22.1 Å². The Hall–Kier alpha value is -0.630. The van der Waals surface area contributed by atoms with Crippen molar-refractivity contribution in [3.63, 3.8) is 0 Å². The fourth-order valence-corrected chi connectivity index (χ4v) is 3.48. The van der Waals surface area contributed by atoms with Crippen molar-refractivity contribution >= 4 is 39.7 Å². The van der Waals surface area contributed by atoms with Gasteiger partial charge >= 0.3 is 0 Å². The Bertz CT molecular complexity index is 460. The van der Waals surface area contributed by atoms with Crippen LogP contribution in [0.25, 0.3) is 0 Å². The van der Waals surface area contributed by atoms with Crippen LogP contribution in [0.3, 0.4) is 0 Å². The summed E-state index contributed by atoms with van der Waals surface area (Å²) in [4.78, 5) is 6.36. The highest BCUT2D eigenvalue weighted by Gasteiger charge is 2.42. The van der Waals surface area contributed by atoms with E-state index in [0.29, 0.717) is 5.84 Å². The first-order valence-electron chi connectivity index (χ1n) is 6.17. The number of alkyl halides is 1. The average Bonchev–Trinajstić information content (AvgIpc) is 2.66. The number of amidine groups is 1. The summed E-state index contributed by atoms with van der Waals surface area (Å²) in [5, 5.41) is 6.01. The molecule has 0 aromatic rings. The van der Waals surface area contributed by atoms with Crippen molar-refractivity contribution < 1.29 is 4.74 Å². The molecule has 1 saturated heterocycles. The minimum atomic E-state index is -0.165. The van der Waals surface area contributed by atoms with Gasteiger partial charge < -0.3 is 10.5 Å². The maximum Gasteiger partial charge on any atom is 0.151 e. The van der Waals surface area contributed by atoms with E-state index in [-0.39, 0.29) is 11.4 Å². The largest absolute Gasteiger partial charge is 0.382 e. The molecule has 0 radical (unpaired) electrons. The predicted octanol–water partition coefficient (Wildman–Crippen LogP) is 0.531. The molecule has 2 unspecified atom stereocenters. The minimum Gasteiger partial charge on any atom is -0.382 e. The maximum atomic E-state index is 6.50. The van der Waals surface area contributed by atoms with Crippen LogP contribution in [0.2, 0.25) is 0 Å². The number of hydrazone groups is 1. The Labute approximate surface area is 125 Å². The number of nitrogens with two attached hydrogens (primary N) is 1. The predicted molar refractivity (Wildman–Crippen MR) is 78.6 cm³/mol. The van der Waals surface area contributed by atoms with Gasteiger partial charge in [0.1, 0.15) is 12.0 Å². The van der Waals surface area contributed by atoms with Gasteiger partial charge in [0.2, 0.25) is 0 Å². The van der Waals surface area contributed by atoms with Crippen molar-refractivity contribution in [2.45, 2.75) is 11.4 Å². The number of hydrogen-bond acceptors (Lipinski definition) is 6. The summed E-state index contributed by atoms with van der Waals surface area (Å²) in [6.45, 7) is 4.23. The molecule has 0 aromatic carbocycles. The van der Waals surface area contributed by atoms with E-state index in [1.165, 1.54) is 6.34 Å². The van der Waals surface area contributed by atoms with Gasteiger partial charge in [-0.3, -0.25) is 9.91 Å². The number of ether oxygens (including phenoxy) is 1. The molecule has 8 heteroatoms. The van der Waals surface area contributed by atoms with E-state index in [1.54, 1.807) is 0 Å². The summed E-state index contributed by atoms with van der Waals surface area (Å²) in [6, 6.07) is 0.0643. The van der Waals surface area contributed by atoms with Gasteiger partial charge in [0.15, 0.2) is 5.84 Å². The van der Waals surface area contributed by atoms with Crippen LogP contribution in [0, 0.1) is 0 Å². The lowest BCUT2D eigenvalue weighted by molar-refractivity contribution is 0.0282. The van der Waals surface area contributed by atoms with E-state index < -0.39 is 0 Å². The van der Waals surface area contributed by atoms with Crippen LogP contribution < -0.4 is 5.73 Å². The van der Waals surface area contributed by atoms with Crippen molar-refractivity contribution in [2.75, 3.05) is 32.8 Å². The number of fused-ring (bicyclic) bond motifs is 1. The first-order valence-corrected chi connectivity index (χ1v) is 7.40. The van der Waals surface area contributed by atoms with Crippen LogP contribution in [-0.4, -0.2) is 66.3 Å². The molecule has 2 N–H and O–H groups in total. The lowest BCUT2D eigenvalue weighted by Gasteiger charge is -2.33. The van der Waals surface area contributed by atoms with E-state index in [2.05, 4.69) is 30.9 Å². The first-order chi connectivity index (χ1) is 9.18. The first kappa shape index (κ1) is 13.4. The highest BCUT2D eigenvalue weighted by molar-refractivity contribution is 9.11. The Balaban J connectivity index is 1.77. The van der Waals surface area contributed by atoms with E-state index in [1.807, 2.05) is 5.01 Å². The molecule has 3 aliphatic heterocycles. The lowest BCUT2D eigenvalue weighted by atomic mass is 10.2. The SMILES string of the molecule is NC1=NC=NN2C1=C(Br)C(Cl)C2CN1CCOCC1. The molecule has 2 atom stereocenters. The van der Waals surface area contributed by atoms with Gasteiger partial charge in [-0.25, -0.2) is 4.99 Å². The van der Waals surface area contributed by atoms with Crippen LogP contribution in [0.5, 0.6) is 0 Å². The van der Waals surface area contributed by atoms with E-state index in [9.17, 15) is 0 Å². The third-order valence-corrected chi connectivity index (χ3v) is 5.16. The normalized spacial score (nSPS) is 31.7. The average molecular weight is 349 g/mol. The molecule has 0 bridgehead atoms. The Kier molecular flexibility index (Phi) is 3.79. The number of halogens is 2. The van der Waals surface area contributed by atoms with Crippen LogP contribution in [-0.2, 0) is 4.74 Å². The van der Waals surface area contributed by atoms with Gasteiger partial charge in [0.25, 0.3) is 0 Å². The Morgan fingerprint density at radius 3 is 2.95 bits per heavy atom. The topological polar surface area (TPSA) is 66.5 Å². The molecule has 6 nitrogen and oxygen atoms in total. The molecule has 3 aliphatic rings. The lowest BCUT2D eigenvalue weighted by Crippen LogP contribution is -2.47. The molecule has 19 heavy (non-hydrogen) atoms. The molecule has 0 saturated carbocycles. The van der Waals surface area contributed by atoms with Crippen LogP contribution >= 0.6 is 27.5 Å². The van der Waals surface area contributed by atoms with Crippen molar-refractivity contribution in [2.24, 2.45) is 15.8 Å². The fraction of sp³-hybridized carbons (Fsp3) is 0.636. The van der Waals surface area contributed by atoms with Crippen molar-refractivity contribution in [1.29, 1.82) is 0 Å². The smallest absolute Gasteiger partial charge is 0.151 e. The molecular formula is C11H15BrClN5O. The third-order valence-electron chi connectivity index (χ3n) is 3.51. The molecule has 3 rings (SSSR count). The number of aliphatic imine (C=N–C) groups is 1. The summed E-state index contributed by atoms with van der Waals surface area (Å²) in [5.74, 6) is 0.456. The Morgan fingerprint density at radius 1 is 1.47 bits per heavy atom. The molecular weight excluding hydrogens is 334 g/mol. The molecule has 1 fully saturated rings. The zero-order valence-corrected chi connectivity index (χ0v) is 12.6. The van der Waals surface area contributed by atoms with Crippen molar-refractivity contribution in [1.82, 2.24) is 9.91 Å². The fourth-order valence-electron chi connectivity index (χ4n) is 2.50. The molecule has 0 amide bonds. The van der Waals surface area contributed by atoms with Gasteiger partial charge in [0.05, 0.1) is 24.6 Å². The number of rotatable bonds is 2. The van der Waals surface area contributed by atoms with Crippen LogP contribution in [0.1, 0.15) is 0 Å². The third kappa shape index (κ3) is 2.40. The van der Waals surface area contributed by atoms with Crippen molar-refractivity contribution in [3.8, 4) is 0 Å². The monoisotopic (exact) mass is 347 g/mol. The van der Waals surface area contributed by atoms with Crippen LogP contribution in [0.15, 0.2) is 20.3 Å². The summed E-state index contributed by atoms with van der Waals surface area (Å²) in [7, 11) is 0. The quantitative estimate of drug-likeness (QED) is 0.739. The summed E-state index contributed by atoms with van der Waals surface area (Å²) in [5.41, 5.74) is 6.70. The second kappa shape index (κ2) is 5.40. The molecule has 0 spiro atoms. The highest BCUT2D eigenvalue weighted by Crippen LogP contribution is 2.38. The summed E-state index contributed by atoms with van der Waals surface area (Å²) in [6.07, 6.45) is 1.47. The van der Waals surface area contributed by atoms with E-state index in [0.717, 1.165) is 43.0 Å². The van der Waals surface area contributed by atoms with Crippen LogP contribution in [0.4, 0.5) is 0 Å². The molecule has 0 aliphatic carbocycles. The highest BCUT2D eigenvalue weighted by atomic mass is 79.9. The molecule has 104 valence electrons. The maximum absolute atomic E-state index is 6.50. The second-order valence-corrected chi connectivity index (χ2v) is 5.99. The number of morpholine rings is 1. The van der Waals surface area contributed by atoms with Crippen molar-refractivity contribution in [3.05, 3.63) is 10.2 Å². The molecule has 3 heterocycles.